The van der Waals surface area contributed by atoms with E-state index in [1.807, 2.05) is 31.0 Å². The maximum Gasteiger partial charge on any atom is 0.241 e. The molecule has 0 aromatic carbocycles. The zero-order valence-corrected chi connectivity index (χ0v) is 17.8. The van der Waals surface area contributed by atoms with Crippen molar-refractivity contribution in [1.82, 2.24) is 20.2 Å². The average molecular weight is 430 g/mol. The molecule has 0 saturated carbocycles. The molecule has 1 aliphatic rings. The lowest BCUT2D eigenvalue weighted by Crippen LogP contribution is -2.49. The van der Waals surface area contributed by atoms with Crippen molar-refractivity contribution >= 4 is 47.7 Å². The Bertz CT molecular complexity index is 787. The third kappa shape index (κ3) is 5.37. The van der Waals surface area contributed by atoms with Gasteiger partial charge in [0.25, 0.3) is 0 Å². The molecular formula is C19H29Cl2N5O2. The summed E-state index contributed by atoms with van der Waals surface area (Å²) in [5.41, 5.74) is 7.98. The molecule has 1 aliphatic heterocycles. The minimum Gasteiger partial charge on any atom is -0.346 e. The summed E-state index contributed by atoms with van der Waals surface area (Å²) in [7, 11) is 0. The van der Waals surface area contributed by atoms with Crippen LogP contribution >= 0.6 is 24.8 Å². The number of piperidine rings is 1. The molecule has 1 saturated heterocycles. The van der Waals surface area contributed by atoms with Gasteiger partial charge < -0.3 is 20.9 Å². The van der Waals surface area contributed by atoms with Gasteiger partial charge in [0, 0.05) is 30.9 Å². The minimum absolute atomic E-state index is 0. The third-order valence-corrected chi connectivity index (χ3v) is 5.21. The zero-order chi connectivity index (χ0) is 18.7. The van der Waals surface area contributed by atoms with Crippen molar-refractivity contribution in [2.75, 3.05) is 19.6 Å². The molecule has 0 radical (unpaired) electrons. The monoisotopic (exact) mass is 429 g/mol. The van der Waals surface area contributed by atoms with Crippen molar-refractivity contribution in [3.05, 3.63) is 30.1 Å². The van der Waals surface area contributed by atoms with Crippen LogP contribution in [0.3, 0.4) is 0 Å². The van der Waals surface area contributed by atoms with E-state index in [0.29, 0.717) is 19.0 Å². The number of pyridine rings is 1. The van der Waals surface area contributed by atoms with E-state index in [1.165, 1.54) is 5.56 Å². The first kappa shape index (κ1) is 24.2. The quantitative estimate of drug-likeness (QED) is 0.677. The zero-order valence-electron chi connectivity index (χ0n) is 16.2. The molecule has 28 heavy (non-hydrogen) atoms. The van der Waals surface area contributed by atoms with Crippen LogP contribution in [0, 0.1) is 5.92 Å². The molecule has 9 heteroatoms. The van der Waals surface area contributed by atoms with Crippen LogP contribution in [0.5, 0.6) is 0 Å². The highest BCUT2D eigenvalue weighted by molar-refractivity contribution is 5.87. The molecule has 1 atom stereocenters. The highest BCUT2D eigenvalue weighted by Crippen LogP contribution is 2.32. The van der Waals surface area contributed by atoms with Crippen molar-refractivity contribution < 1.29 is 9.59 Å². The fourth-order valence-corrected chi connectivity index (χ4v) is 3.45. The Morgan fingerprint density at radius 3 is 2.64 bits per heavy atom. The number of hydrogen-bond acceptors (Lipinski definition) is 4. The fraction of sp³-hybridized carbons (Fsp3) is 0.526. The standard InChI is InChI=1S/C19H27N5O2.2ClH/c1-12(2)17(20)19(26)23-11-16(25)24-8-5-13(6-9-24)15-10-22-18-14(15)4-3-7-21-18;;/h3-4,7,10,12-13,17H,5-6,8-9,11,20H2,1-2H3,(H,21,22)(H,23,26);2*1H/t17-;;/m0../s1. The molecule has 3 rings (SSSR count). The molecule has 2 aromatic heterocycles. The summed E-state index contributed by atoms with van der Waals surface area (Å²) in [4.78, 5) is 33.6. The van der Waals surface area contributed by atoms with Crippen LogP contribution in [0.1, 0.15) is 38.2 Å². The van der Waals surface area contributed by atoms with Gasteiger partial charge in [0.05, 0.1) is 12.6 Å². The number of aromatic nitrogens is 2. The number of amides is 2. The van der Waals surface area contributed by atoms with E-state index in [9.17, 15) is 9.59 Å². The SMILES string of the molecule is CC(C)[C@H](N)C(=O)NCC(=O)N1CCC(c2c[nH]c3ncccc23)CC1.Cl.Cl. The lowest BCUT2D eigenvalue weighted by atomic mass is 9.89. The second kappa shape index (κ2) is 10.6. The molecule has 0 aliphatic carbocycles. The summed E-state index contributed by atoms with van der Waals surface area (Å²) in [6.07, 6.45) is 5.64. The second-order valence-electron chi connectivity index (χ2n) is 7.29. The number of H-pyrrole nitrogens is 1. The highest BCUT2D eigenvalue weighted by atomic mass is 35.5. The lowest BCUT2D eigenvalue weighted by Gasteiger charge is -2.32. The van der Waals surface area contributed by atoms with Crippen molar-refractivity contribution in [2.24, 2.45) is 11.7 Å². The third-order valence-electron chi connectivity index (χ3n) is 5.21. The maximum atomic E-state index is 12.4. The molecule has 156 valence electrons. The molecular weight excluding hydrogens is 401 g/mol. The van der Waals surface area contributed by atoms with Crippen LogP contribution in [-0.2, 0) is 9.59 Å². The van der Waals surface area contributed by atoms with Gasteiger partial charge in [-0.15, -0.1) is 24.8 Å². The highest BCUT2D eigenvalue weighted by Gasteiger charge is 2.26. The Morgan fingerprint density at radius 1 is 1.32 bits per heavy atom. The number of carbonyl (C=O) groups is 2. The van der Waals surface area contributed by atoms with E-state index in [0.717, 1.165) is 23.9 Å². The topological polar surface area (TPSA) is 104 Å². The normalized spacial score (nSPS) is 15.6. The van der Waals surface area contributed by atoms with Gasteiger partial charge in [0.1, 0.15) is 5.65 Å². The number of hydrogen-bond donors (Lipinski definition) is 3. The first-order chi connectivity index (χ1) is 12.5. The molecule has 2 amide bonds. The molecule has 0 bridgehead atoms. The van der Waals surface area contributed by atoms with E-state index < -0.39 is 6.04 Å². The molecule has 1 fully saturated rings. The number of aromatic amines is 1. The predicted molar refractivity (Wildman–Crippen MR) is 115 cm³/mol. The van der Waals surface area contributed by atoms with E-state index in [2.05, 4.69) is 21.4 Å². The number of likely N-dealkylation sites (tertiary alicyclic amines) is 1. The number of carbonyl (C=O) groups excluding carboxylic acids is 2. The smallest absolute Gasteiger partial charge is 0.241 e. The van der Waals surface area contributed by atoms with Crippen LogP contribution in [-0.4, -0.2) is 52.4 Å². The first-order valence-corrected chi connectivity index (χ1v) is 9.20. The van der Waals surface area contributed by atoms with Gasteiger partial charge in [-0.05, 0) is 42.4 Å². The molecule has 3 heterocycles. The van der Waals surface area contributed by atoms with Gasteiger partial charge >= 0.3 is 0 Å². The largest absolute Gasteiger partial charge is 0.346 e. The average Bonchev–Trinajstić information content (AvgIpc) is 3.09. The Morgan fingerprint density at radius 2 is 2.00 bits per heavy atom. The summed E-state index contributed by atoms with van der Waals surface area (Å²) >= 11 is 0. The first-order valence-electron chi connectivity index (χ1n) is 9.20. The Labute approximate surface area is 177 Å². The summed E-state index contributed by atoms with van der Waals surface area (Å²) in [5.74, 6) is 0.148. The van der Waals surface area contributed by atoms with E-state index >= 15 is 0 Å². The number of nitrogens with one attached hydrogen (secondary N) is 2. The Balaban J connectivity index is 0.00000196. The maximum absolute atomic E-state index is 12.4. The second-order valence-corrected chi connectivity index (χ2v) is 7.29. The number of rotatable bonds is 5. The van der Waals surface area contributed by atoms with Crippen molar-refractivity contribution in [2.45, 2.75) is 38.6 Å². The van der Waals surface area contributed by atoms with Gasteiger partial charge in [0.2, 0.25) is 11.8 Å². The van der Waals surface area contributed by atoms with Crippen LogP contribution in [0.2, 0.25) is 0 Å². The lowest BCUT2D eigenvalue weighted by molar-refractivity contribution is -0.134. The van der Waals surface area contributed by atoms with Gasteiger partial charge in [0.15, 0.2) is 0 Å². The summed E-state index contributed by atoms with van der Waals surface area (Å²) in [6, 6.07) is 3.45. The summed E-state index contributed by atoms with van der Waals surface area (Å²) < 4.78 is 0. The van der Waals surface area contributed by atoms with Crippen molar-refractivity contribution in [3.63, 3.8) is 0 Å². The van der Waals surface area contributed by atoms with Crippen molar-refractivity contribution in [3.8, 4) is 0 Å². The number of halogens is 2. The predicted octanol–water partition coefficient (Wildman–Crippen LogP) is 2.21. The number of nitrogens with two attached hydrogens (primary N) is 1. The van der Waals surface area contributed by atoms with Crippen LogP contribution in [0.25, 0.3) is 11.0 Å². The van der Waals surface area contributed by atoms with Gasteiger partial charge in [-0.3, -0.25) is 9.59 Å². The van der Waals surface area contributed by atoms with Crippen LogP contribution in [0.15, 0.2) is 24.5 Å². The van der Waals surface area contributed by atoms with E-state index in [4.69, 9.17) is 5.73 Å². The molecule has 0 spiro atoms. The number of fused-ring (bicyclic) bond motifs is 1. The summed E-state index contributed by atoms with van der Waals surface area (Å²) in [5, 5.41) is 3.81. The fourth-order valence-electron chi connectivity index (χ4n) is 3.45. The Kier molecular flexibility index (Phi) is 9.20. The minimum atomic E-state index is -0.580. The number of nitrogens with zero attached hydrogens (tertiary/aromatic N) is 2. The summed E-state index contributed by atoms with van der Waals surface area (Å²) in [6.45, 7) is 5.18. The van der Waals surface area contributed by atoms with Gasteiger partial charge in [-0.1, -0.05) is 13.8 Å². The molecule has 7 nitrogen and oxygen atoms in total. The van der Waals surface area contributed by atoms with Gasteiger partial charge in [-0.25, -0.2) is 4.98 Å². The molecule has 2 aromatic rings. The molecule has 4 N–H and O–H groups in total. The Hall–Kier alpha value is -1.83. The van der Waals surface area contributed by atoms with E-state index in [-0.39, 0.29) is 49.1 Å². The van der Waals surface area contributed by atoms with Crippen LogP contribution < -0.4 is 11.1 Å². The van der Waals surface area contributed by atoms with Crippen LogP contribution in [0.4, 0.5) is 0 Å². The van der Waals surface area contributed by atoms with Gasteiger partial charge in [-0.2, -0.15) is 0 Å². The van der Waals surface area contributed by atoms with E-state index in [1.54, 1.807) is 6.20 Å². The molecule has 0 unspecified atom stereocenters. The van der Waals surface area contributed by atoms with Crippen molar-refractivity contribution in [1.29, 1.82) is 0 Å².